The van der Waals surface area contributed by atoms with Crippen LogP contribution in [0.3, 0.4) is 0 Å². The molecule has 0 saturated heterocycles. The quantitative estimate of drug-likeness (QED) is 0.630. The number of carboxylic acid groups (broad SMARTS) is 1. The van der Waals surface area contributed by atoms with Crippen LogP contribution < -0.4 is 0 Å². The van der Waals surface area contributed by atoms with Crippen LogP contribution in [0.25, 0.3) is 10.9 Å². The van der Waals surface area contributed by atoms with Crippen molar-refractivity contribution in [3.63, 3.8) is 0 Å². The third-order valence-electron chi connectivity index (χ3n) is 4.77. The summed E-state index contributed by atoms with van der Waals surface area (Å²) in [6.45, 7) is 4.87. The van der Waals surface area contributed by atoms with Gasteiger partial charge in [-0.3, -0.25) is 4.68 Å². The lowest BCUT2D eigenvalue weighted by molar-refractivity contribution is 0.0683. The van der Waals surface area contributed by atoms with Crippen molar-refractivity contribution >= 4 is 16.9 Å². The molecular weight excluding hydrogens is 314 g/mol. The molecule has 0 aliphatic rings. The molecule has 1 unspecified atom stereocenters. The van der Waals surface area contributed by atoms with Crippen molar-refractivity contribution in [1.29, 1.82) is 0 Å². The summed E-state index contributed by atoms with van der Waals surface area (Å²) in [5.41, 5.74) is 3.62. The predicted octanol–water partition coefficient (Wildman–Crippen LogP) is 4.60. The van der Waals surface area contributed by atoms with Gasteiger partial charge in [-0.15, -0.1) is 0 Å². The number of rotatable bonds is 8. The van der Waals surface area contributed by atoms with Crippen molar-refractivity contribution in [2.75, 3.05) is 0 Å². The van der Waals surface area contributed by atoms with Crippen molar-refractivity contribution in [3.8, 4) is 0 Å². The lowest BCUT2D eigenvalue weighted by atomic mass is 9.98. The zero-order valence-electron chi connectivity index (χ0n) is 14.8. The van der Waals surface area contributed by atoms with Gasteiger partial charge in [0.25, 0.3) is 0 Å². The maximum Gasteiger partial charge on any atom is 0.354 e. The van der Waals surface area contributed by atoms with E-state index in [1.54, 1.807) is 10.7 Å². The fourth-order valence-electron chi connectivity index (χ4n) is 3.19. The second kappa shape index (κ2) is 7.55. The highest BCUT2D eigenvalue weighted by Gasteiger charge is 2.18. The summed E-state index contributed by atoms with van der Waals surface area (Å²) in [4.78, 5) is 14.8. The minimum atomic E-state index is -0.904. The standard InChI is InChI=1S/C20H25N3O2/c1-3-4-11-23-19(20(24)25)12-18(22-23)14(2)9-10-15-13-21-17-8-6-5-7-16(15)17/h5-8,12-14,21H,3-4,9-11H2,1-2H3,(H,24,25). The molecule has 0 bridgehead atoms. The van der Waals surface area contributed by atoms with E-state index in [0.29, 0.717) is 12.2 Å². The van der Waals surface area contributed by atoms with Crippen LogP contribution in [-0.2, 0) is 13.0 Å². The Balaban J connectivity index is 1.72. The molecule has 0 amide bonds. The van der Waals surface area contributed by atoms with Crippen molar-refractivity contribution in [2.45, 2.75) is 52.0 Å². The molecule has 2 N–H and O–H groups in total. The topological polar surface area (TPSA) is 70.9 Å². The summed E-state index contributed by atoms with van der Waals surface area (Å²) < 4.78 is 1.64. The highest BCUT2D eigenvalue weighted by molar-refractivity contribution is 5.85. The minimum absolute atomic E-state index is 0.217. The lowest BCUT2D eigenvalue weighted by Crippen LogP contribution is -2.10. The van der Waals surface area contributed by atoms with Gasteiger partial charge in [0.2, 0.25) is 0 Å². The van der Waals surface area contributed by atoms with Gasteiger partial charge in [-0.2, -0.15) is 5.10 Å². The lowest BCUT2D eigenvalue weighted by Gasteiger charge is -2.08. The van der Waals surface area contributed by atoms with Gasteiger partial charge in [0.05, 0.1) is 5.69 Å². The number of hydrogen-bond acceptors (Lipinski definition) is 2. The number of benzene rings is 1. The number of para-hydroxylation sites is 1. The zero-order valence-corrected chi connectivity index (χ0v) is 14.8. The molecule has 1 aromatic carbocycles. The SMILES string of the molecule is CCCCn1nc(C(C)CCc2c[nH]c3ccccc23)cc1C(=O)O. The number of aryl methyl sites for hydroxylation is 2. The number of carboxylic acids is 1. The van der Waals surface area contributed by atoms with E-state index in [9.17, 15) is 9.90 Å². The van der Waals surface area contributed by atoms with E-state index < -0.39 is 5.97 Å². The summed E-state index contributed by atoms with van der Waals surface area (Å²) in [7, 11) is 0. The number of nitrogens with zero attached hydrogens (tertiary/aromatic N) is 2. The highest BCUT2D eigenvalue weighted by Crippen LogP contribution is 2.25. The molecule has 0 aliphatic carbocycles. The van der Waals surface area contributed by atoms with Crippen LogP contribution >= 0.6 is 0 Å². The van der Waals surface area contributed by atoms with Crippen molar-refractivity contribution in [2.24, 2.45) is 0 Å². The molecule has 1 atom stereocenters. The third-order valence-corrected chi connectivity index (χ3v) is 4.77. The molecule has 0 fully saturated rings. The summed E-state index contributed by atoms with van der Waals surface area (Å²) in [5, 5.41) is 15.2. The van der Waals surface area contributed by atoms with Crippen LogP contribution in [0.15, 0.2) is 36.5 Å². The van der Waals surface area contributed by atoms with Crippen molar-refractivity contribution in [3.05, 3.63) is 53.5 Å². The molecule has 0 saturated carbocycles. The number of fused-ring (bicyclic) bond motifs is 1. The van der Waals surface area contributed by atoms with Gasteiger partial charge in [0, 0.05) is 29.6 Å². The Bertz CT molecular complexity index is 863. The first-order valence-electron chi connectivity index (χ1n) is 8.96. The summed E-state index contributed by atoms with van der Waals surface area (Å²) in [5.74, 6) is -0.687. The minimum Gasteiger partial charge on any atom is -0.477 e. The van der Waals surface area contributed by atoms with Crippen LogP contribution in [0.4, 0.5) is 0 Å². The van der Waals surface area contributed by atoms with Crippen molar-refractivity contribution in [1.82, 2.24) is 14.8 Å². The molecule has 3 rings (SSSR count). The van der Waals surface area contributed by atoms with E-state index in [2.05, 4.69) is 48.3 Å². The van der Waals surface area contributed by atoms with Crippen LogP contribution in [0, 0.1) is 0 Å². The second-order valence-corrected chi connectivity index (χ2v) is 6.64. The average Bonchev–Trinajstić information content (AvgIpc) is 3.22. The number of H-pyrrole nitrogens is 1. The van der Waals surface area contributed by atoms with Crippen LogP contribution in [0.5, 0.6) is 0 Å². The van der Waals surface area contributed by atoms with Crippen LogP contribution in [0.2, 0.25) is 0 Å². The molecule has 5 heteroatoms. The summed E-state index contributed by atoms with van der Waals surface area (Å²) >= 11 is 0. The summed E-state index contributed by atoms with van der Waals surface area (Å²) in [6, 6.07) is 10.0. The number of nitrogens with one attached hydrogen (secondary N) is 1. The largest absolute Gasteiger partial charge is 0.477 e. The molecule has 3 aromatic rings. The molecule has 5 nitrogen and oxygen atoms in total. The van der Waals surface area contributed by atoms with E-state index in [1.807, 2.05) is 6.07 Å². The molecule has 0 spiro atoms. The number of aromatic carboxylic acids is 1. The molecule has 132 valence electrons. The zero-order chi connectivity index (χ0) is 17.8. The maximum atomic E-state index is 11.4. The van der Waals surface area contributed by atoms with Gasteiger partial charge >= 0.3 is 5.97 Å². The summed E-state index contributed by atoms with van der Waals surface area (Å²) in [6.07, 6.45) is 5.90. The van der Waals surface area contributed by atoms with Crippen LogP contribution in [-0.4, -0.2) is 25.8 Å². The number of aromatic nitrogens is 3. The molecular formula is C20H25N3O2. The molecule has 25 heavy (non-hydrogen) atoms. The van der Waals surface area contributed by atoms with E-state index in [4.69, 9.17) is 0 Å². The third kappa shape index (κ3) is 3.76. The smallest absolute Gasteiger partial charge is 0.354 e. The molecule has 0 aliphatic heterocycles. The average molecular weight is 339 g/mol. The second-order valence-electron chi connectivity index (χ2n) is 6.64. The van der Waals surface area contributed by atoms with E-state index in [-0.39, 0.29) is 5.92 Å². The number of carbonyl (C=O) groups is 1. The maximum absolute atomic E-state index is 11.4. The Labute approximate surface area is 147 Å². The Morgan fingerprint density at radius 1 is 1.36 bits per heavy atom. The van der Waals surface area contributed by atoms with E-state index in [1.165, 1.54) is 10.9 Å². The molecule has 2 aromatic heterocycles. The van der Waals surface area contributed by atoms with Gasteiger partial charge in [-0.05, 0) is 37.0 Å². The first kappa shape index (κ1) is 17.3. The van der Waals surface area contributed by atoms with Crippen LogP contribution in [0.1, 0.15) is 60.8 Å². The van der Waals surface area contributed by atoms with Gasteiger partial charge in [0.15, 0.2) is 0 Å². The van der Waals surface area contributed by atoms with Gasteiger partial charge < -0.3 is 10.1 Å². The normalized spacial score (nSPS) is 12.6. The Morgan fingerprint density at radius 2 is 2.16 bits per heavy atom. The predicted molar refractivity (Wildman–Crippen MR) is 99.1 cm³/mol. The fraction of sp³-hybridized carbons (Fsp3) is 0.400. The highest BCUT2D eigenvalue weighted by atomic mass is 16.4. The van der Waals surface area contributed by atoms with E-state index >= 15 is 0 Å². The first-order chi connectivity index (χ1) is 12.1. The Hall–Kier alpha value is -2.56. The monoisotopic (exact) mass is 339 g/mol. The van der Waals surface area contributed by atoms with Gasteiger partial charge in [-0.1, -0.05) is 38.5 Å². The molecule has 2 heterocycles. The van der Waals surface area contributed by atoms with Crippen molar-refractivity contribution < 1.29 is 9.90 Å². The number of hydrogen-bond donors (Lipinski definition) is 2. The van der Waals surface area contributed by atoms with E-state index in [0.717, 1.165) is 36.9 Å². The Kier molecular flexibility index (Phi) is 5.22. The molecule has 0 radical (unpaired) electrons. The van der Waals surface area contributed by atoms with Gasteiger partial charge in [0.1, 0.15) is 5.69 Å². The number of aromatic amines is 1. The fourth-order valence-corrected chi connectivity index (χ4v) is 3.19. The first-order valence-corrected chi connectivity index (χ1v) is 8.96. The van der Waals surface area contributed by atoms with Gasteiger partial charge in [-0.25, -0.2) is 4.79 Å². The number of unbranched alkanes of at least 4 members (excludes halogenated alkanes) is 1. The Morgan fingerprint density at radius 3 is 2.92 bits per heavy atom.